The van der Waals surface area contributed by atoms with Crippen molar-refractivity contribution in [3.8, 4) is 5.75 Å². The smallest absolute Gasteiger partial charge is 0.255 e. The number of nitrogens with two attached hydrogens (primary N) is 1. The maximum absolute atomic E-state index is 15.2. The summed E-state index contributed by atoms with van der Waals surface area (Å²) in [6.07, 6.45) is 0.435. The van der Waals surface area contributed by atoms with E-state index in [2.05, 4.69) is 20.0 Å². The highest BCUT2D eigenvalue weighted by molar-refractivity contribution is 6.05. The van der Waals surface area contributed by atoms with Gasteiger partial charge in [0.15, 0.2) is 5.69 Å². The Morgan fingerprint density at radius 1 is 1.07 bits per heavy atom. The Hall–Kier alpha value is -5.28. The zero-order valence-electron chi connectivity index (χ0n) is 24.4. The predicted molar refractivity (Wildman–Crippen MR) is 162 cm³/mol. The van der Waals surface area contributed by atoms with Crippen LogP contribution >= 0.6 is 0 Å². The topological polar surface area (TPSA) is 130 Å². The maximum atomic E-state index is 15.2. The molecule has 3 aromatic carbocycles. The van der Waals surface area contributed by atoms with Crippen LogP contribution in [0.25, 0.3) is 4.85 Å². The van der Waals surface area contributed by atoms with Crippen molar-refractivity contribution >= 4 is 35.0 Å². The number of piperazine rings is 1. The van der Waals surface area contributed by atoms with Crippen molar-refractivity contribution in [1.29, 1.82) is 0 Å². The van der Waals surface area contributed by atoms with Crippen LogP contribution in [0.4, 0.5) is 15.8 Å². The molecule has 0 bridgehead atoms. The number of hydrogen-bond acceptors (Lipinski definition) is 7. The van der Waals surface area contributed by atoms with Crippen molar-refractivity contribution in [3.63, 3.8) is 0 Å². The average molecular weight is 611 g/mol. The van der Waals surface area contributed by atoms with E-state index in [9.17, 15) is 19.2 Å². The number of carbonyl (C=O) groups excluding carboxylic acids is 4. The van der Waals surface area contributed by atoms with E-state index in [1.165, 1.54) is 17.0 Å². The number of amides is 4. The zero-order valence-corrected chi connectivity index (χ0v) is 24.4. The van der Waals surface area contributed by atoms with Gasteiger partial charge in [0.2, 0.25) is 17.7 Å². The largest absolute Gasteiger partial charge is 0.488 e. The molecular formula is C33H31FN6O5. The Balaban J connectivity index is 1.06. The Morgan fingerprint density at radius 2 is 1.87 bits per heavy atom. The molecule has 0 saturated carbocycles. The highest BCUT2D eigenvalue weighted by atomic mass is 19.1. The molecule has 4 amide bonds. The predicted octanol–water partition coefficient (Wildman–Crippen LogP) is 3.14. The van der Waals surface area contributed by atoms with E-state index in [-0.39, 0.29) is 37.8 Å². The van der Waals surface area contributed by atoms with Crippen molar-refractivity contribution in [1.82, 2.24) is 15.1 Å². The maximum Gasteiger partial charge on any atom is 0.255 e. The number of rotatable bonds is 8. The number of carbonyl (C=O) groups is 4. The molecule has 1 atom stereocenters. The zero-order chi connectivity index (χ0) is 31.7. The second-order valence-electron chi connectivity index (χ2n) is 11.3. The molecule has 0 spiro atoms. The van der Waals surface area contributed by atoms with Crippen LogP contribution in [-0.2, 0) is 29.3 Å². The number of piperidine rings is 1. The minimum atomic E-state index is -0.729. The van der Waals surface area contributed by atoms with E-state index >= 15 is 4.39 Å². The molecule has 0 unspecified atom stereocenters. The molecule has 3 aliphatic heterocycles. The van der Waals surface area contributed by atoms with Crippen molar-refractivity contribution < 1.29 is 28.3 Å². The number of hydrogen-bond donors (Lipinski definition) is 2. The van der Waals surface area contributed by atoms with Gasteiger partial charge in [-0.2, -0.15) is 0 Å². The summed E-state index contributed by atoms with van der Waals surface area (Å²) in [6, 6.07) is 14.4. The summed E-state index contributed by atoms with van der Waals surface area (Å²) < 4.78 is 21.2. The molecule has 12 heteroatoms. The lowest BCUT2D eigenvalue weighted by Crippen LogP contribution is -2.52. The summed E-state index contributed by atoms with van der Waals surface area (Å²) in [5, 5.41) is 2.30. The molecule has 3 aromatic rings. The van der Waals surface area contributed by atoms with E-state index < -0.39 is 23.7 Å². The molecule has 3 N–H and O–H groups in total. The van der Waals surface area contributed by atoms with Crippen LogP contribution in [0.5, 0.6) is 5.75 Å². The molecule has 230 valence electrons. The number of halogens is 1. The van der Waals surface area contributed by atoms with Crippen LogP contribution in [0, 0.1) is 12.4 Å². The summed E-state index contributed by atoms with van der Waals surface area (Å²) >= 11 is 0. The molecule has 6 rings (SSSR count). The fraction of sp³-hybridized carbons (Fsp3) is 0.303. The van der Waals surface area contributed by atoms with Crippen LogP contribution in [0.2, 0.25) is 0 Å². The summed E-state index contributed by atoms with van der Waals surface area (Å²) in [7, 11) is 0. The molecule has 3 aliphatic rings. The molecule has 3 heterocycles. The number of nitrogens with one attached hydrogen (secondary N) is 1. The van der Waals surface area contributed by atoms with Gasteiger partial charge in [-0.05, 0) is 42.3 Å². The Morgan fingerprint density at radius 3 is 2.58 bits per heavy atom. The third-order valence-electron chi connectivity index (χ3n) is 8.53. The van der Waals surface area contributed by atoms with Gasteiger partial charge in [0.1, 0.15) is 24.2 Å². The minimum absolute atomic E-state index is 0.0394. The first-order chi connectivity index (χ1) is 21.7. The number of imide groups is 1. The molecule has 2 saturated heterocycles. The number of anilines is 1. The van der Waals surface area contributed by atoms with E-state index in [0.717, 1.165) is 5.56 Å². The standard InChI is InChI=1S/C33H31FN6O5/c1-36-22-7-8-27(24(16-22)31(35)42)39-13-11-38(12-14-39)17-20-5-6-21(26(34)15-20)19-45-29-4-2-3-23-25(29)18-40(33(23)44)28-9-10-30(41)37-32(28)43/h2-8,15-16,28H,9-14,17-19H2,(H2,35,42)(H,37,41,43)/t28-/m0/s1. The lowest BCUT2D eigenvalue weighted by Gasteiger charge is -2.37. The van der Waals surface area contributed by atoms with E-state index in [0.29, 0.717) is 72.1 Å². The summed E-state index contributed by atoms with van der Waals surface area (Å²) in [4.78, 5) is 58.1. The summed E-state index contributed by atoms with van der Waals surface area (Å²) in [6.45, 7) is 10.6. The number of benzene rings is 3. The number of ether oxygens (including phenoxy) is 1. The van der Waals surface area contributed by atoms with Gasteiger partial charge in [-0.25, -0.2) is 9.24 Å². The van der Waals surface area contributed by atoms with Gasteiger partial charge in [0.05, 0.1) is 18.7 Å². The third-order valence-corrected chi connectivity index (χ3v) is 8.53. The molecule has 11 nitrogen and oxygen atoms in total. The Bertz CT molecular complexity index is 1750. The monoisotopic (exact) mass is 610 g/mol. The molecule has 45 heavy (non-hydrogen) atoms. The van der Waals surface area contributed by atoms with Crippen molar-refractivity contribution in [2.75, 3.05) is 31.1 Å². The van der Waals surface area contributed by atoms with Crippen LogP contribution in [0.3, 0.4) is 0 Å². The third kappa shape index (κ3) is 6.07. The number of primary amides is 1. The van der Waals surface area contributed by atoms with Gasteiger partial charge >= 0.3 is 0 Å². The second-order valence-corrected chi connectivity index (χ2v) is 11.3. The van der Waals surface area contributed by atoms with Gasteiger partial charge in [0.25, 0.3) is 5.91 Å². The molecule has 0 radical (unpaired) electrons. The number of fused-ring (bicyclic) bond motifs is 1. The van der Waals surface area contributed by atoms with Crippen molar-refractivity contribution in [2.24, 2.45) is 5.73 Å². The summed E-state index contributed by atoms with van der Waals surface area (Å²) in [5.74, 6) is -1.65. The molecule has 0 aromatic heterocycles. The van der Waals surface area contributed by atoms with Crippen LogP contribution < -0.4 is 20.7 Å². The molecule has 2 fully saturated rings. The van der Waals surface area contributed by atoms with Crippen LogP contribution in [0.1, 0.15) is 50.2 Å². The van der Waals surface area contributed by atoms with Gasteiger partial charge in [-0.15, -0.1) is 0 Å². The lowest BCUT2D eigenvalue weighted by atomic mass is 10.0. The SMILES string of the molecule is [C-]#[N+]c1ccc(N2CCN(Cc3ccc(COc4cccc5c4CN([C@H]4CCC(=O)NC4=O)C5=O)c(F)c3)CC2)c(C(N)=O)c1. The second kappa shape index (κ2) is 12.4. The van der Waals surface area contributed by atoms with Crippen LogP contribution in [0.15, 0.2) is 54.6 Å². The van der Waals surface area contributed by atoms with Crippen LogP contribution in [-0.4, -0.2) is 65.6 Å². The van der Waals surface area contributed by atoms with Gasteiger partial charge in [0, 0.05) is 61.5 Å². The highest BCUT2D eigenvalue weighted by Crippen LogP contribution is 2.34. The lowest BCUT2D eigenvalue weighted by molar-refractivity contribution is -0.136. The highest BCUT2D eigenvalue weighted by Gasteiger charge is 2.40. The first-order valence-electron chi connectivity index (χ1n) is 14.7. The van der Waals surface area contributed by atoms with E-state index in [1.807, 2.05) is 6.07 Å². The average Bonchev–Trinajstić information content (AvgIpc) is 3.37. The number of nitrogens with zero attached hydrogens (tertiary/aromatic N) is 4. The van der Waals surface area contributed by atoms with E-state index in [1.54, 1.807) is 36.4 Å². The Labute approximate surface area is 259 Å². The van der Waals surface area contributed by atoms with Gasteiger partial charge in [-0.1, -0.05) is 24.3 Å². The quantitative estimate of drug-likeness (QED) is 0.296. The van der Waals surface area contributed by atoms with Gasteiger partial charge in [-0.3, -0.25) is 29.4 Å². The minimum Gasteiger partial charge on any atom is -0.488 e. The van der Waals surface area contributed by atoms with Crippen molar-refractivity contribution in [2.45, 2.75) is 38.6 Å². The first-order valence-corrected chi connectivity index (χ1v) is 14.7. The molecule has 0 aliphatic carbocycles. The normalized spacial score (nSPS) is 18.4. The fourth-order valence-electron chi connectivity index (χ4n) is 6.13. The van der Waals surface area contributed by atoms with Crippen molar-refractivity contribution in [3.05, 3.63) is 99.6 Å². The summed E-state index contributed by atoms with van der Waals surface area (Å²) in [5.41, 5.74) is 9.21. The molecular weight excluding hydrogens is 579 g/mol. The fourth-order valence-corrected chi connectivity index (χ4v) is 6.13. The van der Waals surface area contributed by atoms with E-state index in [4.69, 9.17) is 17.0 Å². The van der Waals surface area contributed by atoms with Gasteiger partial charge < -0.3 is 20.3 Å². The Kier molecular flexibility index (Phi) is 8.19. The first kappa shape index (κ1) is 29.8.